The minimum atomic E-state index is 0.391. The van der Waals surface area contributed by atoms with Crippen LogP contribution in [0.4, 0.5) is 0 Å². The van der Waals surface area contributed by atoms with Crippen LogP contribution in [-0.2, 0) is 0 Å². The molecule has 1 heteroatoms. The average Bonchev–Trinajstić information content (AvgIpc) is 2.74. The fourth-order valence-corrected chi connectivity index (χ4v) is 3.64. The van der Waals surface area contributed by atoms with E-state index >= 15 is 0 Å². The third-order valence-electron chi connectivity index (χ3n) is 4.29. The van der Waals surface area contributed by atoms with Crippen LogP contribution in [0, 0.1) is 0 Å². The van der Waals surface area contributed by atoms with Gasteiger partial charge in [-0.1, -0.05) is 48.5 Å². The van der Waals surface area contributed by atoms with Crippen LogP contribution in [0.3, 0.4) is 0 Å². The van der Waals surface area contributed by atoms with Gasteiger partial charge < -0.3 is 0 Å². The standard InChI is InChI=1S/C19H23N/c1-13(2)20(14(3)4)19-17-11-7-5-9-15(17)16-10-6-8-12-18(16)19/h5-14,19H,1-4H3. The summed E-state index contributed by atoms with van der Waals surface area (Å²) < 4.78 is 0. The van der Waals surface area contributed by atoms with Crippen molar-refractivity contribution >= 4 is 0 Å². The van der Waals surface area contributed by atoms with E-state index in [9.17, 15) is 0 Å². The molecule has 0 N–H and O–H groups in total. The molecule has 0 aromatic heterocycles. The first-order chi connectivity index (χ1) is 9.61. The molecule has 0 aliphatic heterocycles. The van der Waals surface area contributed by atoms with Gasteiger partial charge in [-0.2, -0.15) is 0 Å². The minimum absolute atomic E-state index is 0.391. The zero-order chi connectivity index (χ0) is 14.3. The van der Waals surface area contributed by atoms with E-state index in [0.29, 0.717) is 18.1 Å². The van der Waals surface area contributed by atoms with Gasteiger partial charge in [-0.25, -0.2) is 0 Å². The van der Waals surface area contributed by atoms with E-state index in [4.69, 9.17) is 0 Å². The van der Waals surface area contributed by atoms with Crippen LogP contribution in [0.1, 0.15) is 44.9 Å². The topological polar surface area (TPSA) is 3.24 Å². The first-order valence-electron chi connectivity index (χ1n) is 7.57. The Labute approximate surface area is 122 Å². The molecule has 20 heavy (non-hydrogen) atoms. The lowest BCUT2D eigenvalue weighted by Crippen LogP contribution is -2.39. The summed E-state index contributed by atoms with van der Waals surface area (Å²) in [5.41, 5.74) is 5.71. The van der Waals surface area contributed by atoms with Crippen molar-refractivity contribution in [2.45, 2.75) is 45.8 Å². The molecule has 0 saturated heterocycles. The summed E-state index contributed by atoms with van der Waals surface area (Å²) >= 11 is 0. The lowest BCUT2D eigenvalue weighted by atomic mass is 10.00. The van der Waals surface area contributed by atoms with Gasteiger partial charge in [0.2, 0.25) is 0 Å². The number of rotatable bonds is 3. The van der Waals surface area contributed by atoms with Crippen molar-refractivity contribution in [3.63, 3.8) is 0 Å². The van der Waals surface area contributed by atoms with E-state index < -0.39 is 0 Å². The zero-order valence-corrected chi connectivity index (χ0v) is 12.8. The zero-order valence-electron chi connectivity index (χ0n) is 12.8. The Morgan fingerprint density at radius 1 is 0.700 bits per heavy atom. The van der Waals surface area contributed by atoms with Crippen LogP contribution in [0.2, 0.25) is 0 Å². The molecule has 104 valence electrons. The second-order valence-electron chi connectivity index (χ2n) is 6.21. The molecule has 0 spiro atoms. The summed E-state index contributed by atoms with van der Waals surface area (Å²) in [4.78, 5) is 2.62. The minimum Gasteiger partial charge on any atom is -0.287 e. The van der Waals surface area contributed by atoms with Gasteiger partial charge in [0.15, 0.2) is 0 Å². The van der Waals surface area contributed by atoms with E-state index in [1.54, 1.807) is 0 Å². The highest BCUT2D eigenvalue weighted by Crippen LogP contribution is 2.47. The van der Waals surface area contributed by atoms with Crippen molar-refractivity contribution in [1.82, 2.24) is 4.90 Å². The van der Waals surface area contributed by atoms with Crippen LogP contribution in [0.15, 0.2) is 48.5 Å². The van der Waals surface area contributed by atoms with Crippen LogP contribution in [0.5, 0.6) is 0 Å². The van der Waals surface area contributed by atoms with E-state index in [2.05, 4.69) is 81.1 Å². The Morgan fingerprint density at radius 2 is 1.10 bits per heavy atom. The van der Waals surface area contributed by atoms with Crippen molar-refractivity contribution < 1.29 is 0 Å². The normalized spacial score (nSPS) is 14.2. The van der Waals surface area contributed by atoms with Gasteiger partial charge in [0.05, 0.1) is 6.04 Å². The summed E-state index contributed by atoms with van der Waals surface area (Å²) in [6.07, 6.45) is 0. The van der Waals surface area contributed by atoms with Gasteiger partial charge in [0, 0.05) is 12.1 Å². The first-order valence-corrected chi connectivity index (χ1v) is 7.57. The lowest BCUT2D eigenvalue weighted by Gasteiger charge is -2.37. The smallest absolute Gasteiger partial charge is 0.0618 e. The molecule has 3 rings (SSSR count). The lowest BCUT2D eigenvalue weighted by molar-refractivity contribution is 0.137. The molecule has 0 radical (unpaired) electrons. The Balaban J connectivity index is 2.20. The number of hydrogen-bond acceptors (Lipinski definition) is 1. The van der Waals surface area contributed by atoms with E-state index in [0.717, 1.165) is 0 Å². The molecule has 0 amide bonds. The highest BCUT2D eigenvalue weighted by atomic mass is 15.2. The van der Waals surface area contributed by atoms with Crippen molar-refractivity contribution in [2.24, 2.45) is 0 Å². The molecule has 1 aliphatic carbocycles. The molecular formula is C19H23N. The van der Waals surface area contributed by atoms with Gasteiger partial charge in [-0.15, -0.1) is 0 Å². The van der Waals surface area contributed by atoms with E-state index in [1.165, 1.54) is 22.3 Å². The van der Waals surface area contributed by atoms with Crippen LogP contribution in [0.25, 0.3) is 11.1 Å². The highest BCUT2D eigenvalue weighted by Gasteiger charge is 2.34. The van der Waals surface area contributed by atoms with Gasteiger partial charge >= 0.3 is 0 Å². The monoisotopic (exact) mass is 265 g/mol. The number of benzene rings is 2. The largest absolute Gasteiger partial charge is 0.287 e. The van der Waals surface area contributed by atoms with Crippen LogP contribution < -0.4 is 0 Å². The maximum absolute atomic E-state index is 2.62. The van der Waals surface area contributed by atoms with Crippen LogP contribution >= 0.6 is 0 Å². The first kappa shape index (κ1) is 13.4. The Bertz CT molecular complexity index is 559. The fourth-order valence-electron chi connectivity index (χ4n) is 3.64. The van der Waals surface area contributed by atoms with Gasteiger partial charge in [-0.3, -0.25) is 4.90 Å². The number of nitrogens with zero attached hydrogens (tertiary/aromatic N) is 1. The second kappa shape index (κ2) is 5.06. The van der Waals surface area contributed by atoms with Gasteiger partial charge in [-0.05, 0) is 49.9 Å². The Kier molecular flexibility index (Phi) is 3.39. The van der Waals surface area contributed by atoms with E-state index in [-0.39, 0.29) is 0 Å². The van der Waals surface area contributed by atoms with Gasteiger partial charge in [0.25, 0.3) is 0 Å². The van der Waals surface area contributed by atoms with Crippen molar-refractivity contribution in [2.75, 3.05) is 0 Å². The van der Waals surface area contributed by atoms with Crippen LogP contribution in [-0.4, -0.2) is 17.0 Å². The molecule has 2 aromatic carbocycles. The highest BCUT2D eigenvalue weighted by molar-refractivity contribution is 5.78. The summed E-state index contributed by atoms with van der Waals surface area (Å²) in [6, 6.07) is 19.2. The molecule has 1 aliphatic rings. The molecule has 2 aromatic rings. The fraction of sp³-hybridized carbons (Fsp3) is 0.368. The van der Waals surface area contributed by atoms with Crippen molar-refractivity contribution in [3.05, 3.63) is 59.7 Å². The molecule has 0 saturated carbocycles. The average molecular weight is 265 g/mol. The van der Waals surface area contributed by atoms with Crippen molar-refractivity contribution in [3.8, 4) is 11.1 Å². The predicted molar refractivity (Wildman–Crippen MR) is 85.8 cm³/mol. The third kappa shape index (κ3) is 1.97. The summed E-state index contributed by atoms with van der Waals surface area (Å²) in [5, 5.41) is 0. The SMILES string of the molecule is CC(C)N(C(C)C)C1c2ccccc2-c2ccccc21. The molecule has 0 unspecified atom stereocenters. The molecule has 1 nitrogen and oxygen atoms in total. The van der Waals surface area contributed by atoms with E-state index in [1.807, 2.05) is 0 Å². The molecule has 0 bridgehead atoms. The molecule has 0 heterocycles. The predicted octanol–water partition coefficient (Wildman–Crippen LogP) is 4.88. The maximum Gasteiger partial charge on any atom is 0.0618 e. The number of hydrogen-bond donors (Lipinski definition) is 0. The van der Waals surface area contributed by atoms with Crippen molar-refractivity contribution in [1.29, 1.82) is 0 Å². The molecular weight excluding hydrogens is 242 g/mol. The molecule has 0 atom stereocenters. The molecule has 0 fully saturated rings. The quantitative estimate of drug-likeness (QED) is 0.765. The number of fused-ring (bicyclic) bond motifs is 3. The van der Waals surface area contributed by atoms with Gasteiger partial charge in [0.1, 0.15) is 0 Å². The Morgan fingerprint density at radius 3 is 1.50 bits per heavy atom. The summed E-state index contributed by atoms with van der Waals surface area (Å²) in [5.74, 6) is 0. The maximum atomic E-state index is 2.62. The Hall–Kier alpha value is -1.60. The summed E-state index contributed by atoms with van der Waals surface area (Å²) in [7, 11) is 0. The summed E-state index contributed by atoms with van der Waals surface area (Å²) in [6.45, 7) is 9.18. The third-order valence-corrected chi connectivity index (χ3v) is 4.29. The second-order valence-corrected chi connectivity index (χ2v) is 6.21.